The molecule has 0 unspecified atom stereocenters. The van der Waals surface area contributed by atoms with E-state index in [4.69, 9.17) is 9.47 Å². The molecule has 2 fully saturated rings. The van der Waals surface area contributed by atoms with Crippen molar-refractivity contribution in [3.8, 4) is 10.4 Å². The summed E-state index contributed by atoms with van der Waals surface area (Å²) in [6, 6.07) is 9.83. The van der Waals surface area contributed by atoms with Crippen LogP contribution in [0.25, 0.3) is 10.4 Å². The van der Waals surface area contributed by atoms with Gasteiger partial charge in [0.05, 0.1) is 18.0 Å². The van der Waals surface area contributed by atoms with E-state index in [2.05, 4.69) is 4.98 Å². The molecule has 2 aliphatic rings. The summed E-state index contributed by atoms with van der Waals surface area (Å²) in [5, 5.41) is 0.782. The zero-order valence-corrected chi connectivity index (χ0v) is 16.8. The Bertz CT molecular complexity index is 875. The molecule has 4 rings (SSSR count). The van der Waals surface area contributed by atoms with Crippen LogP contribution < -0.4 is 0 Å². The number of ether oxygens (including phenoxy) is 2. The Morgan fingerprint density at radius 2 is 2.00 bits per heavy atom. The van der Waals surface area contributed by atoms with Gasteiger partial charge in [0.25, 0.3) is 5.91 Å². The highest BCUT2D eigenvalue weighted by molar-refractivity contribution is 7.15. The predicted octanol–water partition coefficient (Wildman–Crippen LogP) is 3.01. The van der Waals surface area contributed by atoms with Gasteiger partial charge in [-0.3, -0.25) is 4.79 Å². The summed E-state index contributed by atoms with van der Waals surface area (Å²) in [5.41, 5.74) is 0.985. The van der Waals surface area contributed by atoms with Crippen LogP contribution in [0.5, 0.6) is 0 Å². The molecule has 1 spiro atoms. The summed E-state index contributed by atoms with van der Waals surface area (Å²) in [6.45, 7) is 2.05. The fourth-order valence-electron chi connectivity index (χ4n) is 3.80. The van der Waals surface area contributed by atoms with E-state index >= 15 is 0 Å². The highest BCUT2D eigenvalue weighted by Crippen LogP contribution is 2.35. The average molecular weight is 401 g/mol. The molecular formula is C20H23N3O4S. The smallest absolute Gasteiger partial charge is 0.410 e. The van der Waals surface area contributed by atoms with Gasteiger partial charge in [-0.25, -0.2) is 9.78 Å². The third kappa shape index (κ3) is 3.49. The van der Waals surface area contributed by atoms with E-state index in [-0.39, 0.29) is 12.0 Å². The van der Waals surface area contributed by atoms with Gasteiger partial charge < -0.3 is 19.3 Å². The molecule has 2 saturated heterocycles. The van der Waals surface area contributed by atoms with Crippen molar-refractivity contribution >= 4 is 23.3 Å². The van der Waals surface area contributed by atoms with E-state index in [9.17, 15) is 9.59 Å². The van der Waals surface area contributed by atoms with Gasteiger partial charge in [0.1, 0.15) is 16.3 Å². The highest BCUT2D eigenvalue weighted by Gasteiger charge is 2.46. The van der Waals surface area contributed by atoms with Gasteiger partial charge in [-0.1, -0.05) is 30.3 Å². The Labute approximate surface area is 167 Å². The monoisotopic (exact) mass is 401 g/mol. The summed E-state index contributed by atoms with van der Waals surface area (Å²) in [7, 11) is 3.36. The minimum Gasteiger partial charge on any atom is -0.441 e. The summed E-state index contributed by atoms with van der Waals surface area (Å²) >= 11 is 1.49. The van der Waals surface area contributed by atoms with Gasteiger partial charge in [0.15, 0.2) is 0 Å². The molecular weight excluding hydrogens is 378 g/mol. The topological polar surface area (TPSA) is 72.0 Å². The Morgan fingerprint density at radius 1 is 1.29 bits per heavy atom. The molecule has 0 radical (unpaired) electrons. The first kappa shape index (κ1) is 18.9. The molecule has 2 aliphatic heterocycles. The van der Waals surface area contributed by atoms with E-state index in [1.807, 2.05) is 35.2 Å². The molecule has 148 valence electrons. The molecule has 28 heavy (non-hydrogen) atoms. The van der Waals surface area contributed by atoms with Gasteiger partial charge >= 0.3 is 6.09 Å². The second kappa shape index (κ2) is 7.52. The lowest BCUT2D eigenvalue weighted by Crippen LogP contribution is -2.48. The molecule has 1 aromatic carbocycles. The molecule has 3 heterocycles. The SMILES string of the molecule is COCc1nc(C(=O)N2CCC3(CC2)CN(C)C(=O)O3)c(-c2ccccc2)s1. The minimum absolute atomic E-state index is 0.0787. The Morgan fingerprint density at radius 3 is 2.61 bits per heavy atom. The standard InChI is InChI=1S/C20H23N3O4S/c1-22-13-20(27-19(22)25)8-10-23(11-9-20)18(24)16-17(14-6-4-3-5-7-14)28-15(21-16)12-26-2/h3-7H,8-13H2,1-2H3. The number of piperidine rings is 1. The predicted molar refractivity (Wildman–Crippen MR) is 105 cm³/mol. The van der Waals surface area contributed by atoms with Crippen molar-refractivity contribution in [2.75, 3.05) is 33.8 Å². The zero-order chi connectivity index (χ0) is 19.7. The summed E-state index contributed by atoms with van der Waals surface area (Å²) in [6.07, 6.45) is 1.00. The molecule has 1 aromatic heterocycles. The first-order valence-electron chi connectivity index (χ1n) is 9.29. The number of carbonyl (C=O) groups excluding carboxylic acids is 2. The van der Waals surface area contributed by atoms with E-state index in [1.54, 1.807) is 19.1 Å². The first-order chi connectivity index (χ1) is 13.5. The van der Waals surface area contributed by atoms with E-state index in [0.717, 1.165) is 15.4 Å². The van der Waals surface area contributed by atoms with Crippen LogP contribution in [0.4, 0.5) is 4.79 Å². The van der Waals surface area contributed by atoms with Crippen LogP contribution in [0, 0.1) is 0 Å². The number of likely N-dealkylation sites (N-methyl/N-ethyl adjacent to an activating group) is 1. The maximum atomic E-state index is 13.3. The second-order valence-electron chi connectivity index (χ2n) is 7.28. The number of likely N-dealkylation sites (tertiary alicyclic amines) is 1. The van der Waals surface area contributed by atoms with Crippen LogP contribution in [0.15, 0.2) is 30.3 Å². The van der Waals surface area contributed by atoms with Crippen molar-refractivity contribution in [3.63, 3.8) is 0 Å². The number of aromatic nitrogens is 1. The number of carbonyl (C=O) groups is 2. The molecule has 0 saturated carbocycles. The Balaban J connectivity index is 1.55. The Hall–Kier alpha value is -2.45. The van der Waals surface area contributed by atoms with Crippen LogP contribution in [-0.4, -0.2) is 66.2 Å². The quantitative estimate of drug-likeness (QED) is 0.788. The number of rotatable bonds is 4. The summed E-state index contributed by atoms with van der Waals surface area (Å²) < 4.78 is 10.8. The van der Waals surface area contributed by atoms with Crippen molar-refractivity contribution < 1.29 is 19.1 Å². The van der Waals surface area contributed by atoms with Crippen LogP contribution in [0.2, 0.25) is 0 Å². The average Bonchev–Trinajstić information content (AvgIpc) is 3.24. The molecule has 8 heteroatoms. The van der Waals surface area contributed by atoms with Crippen molar-refractivity contribution in [2.45, 2.75) is 25.0 Å². The van der Waals surface area contributed by atoms with Crippen molar-refractivity contribution in [1.82, 2.24) is 14.8 Å². The molecule has 0 bridgehead atoms. The van der Waals surface area contributed by atoms with Crippen molar-refractivity contribution in [3.05, 3.63) is 41.0 Å². The number of thiazole rings is 1. The van der Waals surface area contributed by atoms with Crippen LogP contribution >= 0.6 is 11.3 Å². The number of amides is 2. The molecule has 0 aliphatic carbocycles. The second-order valence-corrected chi connectivity index (χ2v) is 8.37. The molecule has 2 amide bonds. The summed E-state index contributed by atoms with van der Waals surface area (Å²) in [5.74, 6) is -0.0787. The third-order valence-corrected chi connectivity index (χ3v) is 6.36. The minimum atomic E-state index is -0.464. The summed E-state index contributed by atoms with van der Waals surface area (Å²) in [4.78, 5) is 33.9. The van der Waals surface area contributed by atoms with Gasteiger partial charge in [-0.2, -0.15) is 0 Å². The van der Waals surface area contributed by atoms with Gasteiger partial charge in [0.2, 0.25) is 0 Å². The first-order valence-corrected chi connectivity index (χ1v) is 10.1. The molecule has 2 aromatic rings. The zero-order valence-electron chi connectivity index (χ0n) is 16.0. The van der Waals surface area contributed by atoms with E-state index in [0.29, 0.717) is 44.8 Å². The maximum Gasteiger partial charge on any atom is 0.410 e. The highest BCUT2D eigenvalue weighted by atomic mass is 32.1. The van der Waals surface area contributed by atoms with Crippen LogP contribution in [0.3, 0.4) is 0 Å². The number of hydrogen-bond acceptors (Lipinski definition) is 6. The number of nitrogens with zero attached hydrogens (tertiary/aromatic N) is 3. The lowest BCUT2D eigenvalue weighted by Gasteiger charge is -2.37. The van der Waals surface area contributed by atoms with Crippen molar-refractivity contribution in [2.24, 2.45) is 0 Å². The fraction of sp³-hybridized carbons (Fsp3) is 0.450. The van der Waals surface area contributed by atoms with E-state index < -0.39 is 5.60 Å². The number of hydrogen-bond donors (Lipinski definition) is 0. The Kier molecular flexibility index (Phi) is 5.07. The molecule has 0 N–H and O–H groups in total. The van der Waals surface area contributed by atoms with Gasteiger partial charge in [-0.05, 0) is 5.56 Å². The lowest BCUT2D eigenvalue weighted by molar-refractivity contribution is 0.00304. The van der Waals surface area contributed by atoms with Crippen molar-refractivity contribution in [1.29, 1.82) is 0 Å². The van der Waals surface area contributed by atoms with Gasteiger partial charge in [-0.15, -0.1) is 11.3 Å². The number of benzene rings is 1. The fourth-order valence-corrected chi connectivity index (χ4v) is 4.83. The maximum absolute atomic E-state index is 13.3. The third-order valence-electron chi connectivity index (χ3n) is 5.28. The van der Waals surface area contributed by atoms with E-state index in [1.165, 1.54) is 11.3 Å². The number of methoxy groups -OCH3 is 1. The van der Waals surface area contributed by atoms with Crippen LogP contribution in [-0.2, 0) is 16.1 Å². The lowest BCUT2D eigenvalue weighted by atomic mass is 9.91. The molecule has 0 atom stereocenters. The largest absolute Gasteiger partial charge is 0.441 e. The van der Waals surface area contributed by atoms with Gasteiger partial charge in [0, 0.05) is 40.1 Å². The normalized spacial score (nSPS) is 18.6. The van der Waals surface area contributed by atoms with Crippen LogP contribution in [0.1, 0.15) is 28.3 Å². The molecule has 7 nitrogen and oxygen atoms in total.